The van der Waals surface area contributed by atoms with E-state index in [1.807, 2.05) is 0 Å². The highest BCUT2D eigenvalue weighted by Gasteiger charge is 2.19. The number of rotatable bonds is 7. The van der Waals surface area contributed by atoms with Gasteiger partial charge < -0.3 is 19.1 Å². The Balaban J connectivity index is 2.23. The van der Waals surface area contributed by atoms with E-state index in [0.717, 1.165) is 12.0 Å². The Hall–Kier alpha value is -2.69. The SMILES string of the molecule is CCc1ccc(CN(C)C(=O)c2cc(OC)c(OC)c(OC)c2)cc1. The average molecular weight is 343 g/mol. The van der Waals surface area contributed by atoms with Gasteiger partial charge in [-0.3, -0.25) is 4.79 Å². The summed E-state index contributed by atoms with van der Waals surface area (Å²) in [6, 6.07) is 11.6. The lowest BCUT2D eigenvalue weighted by molar-refractivity contribution is 0.0784. The molecule has 0 aliphatic carbocycles. The van der Waals surface area contributed by atoms with Gasteiger partial charge in [-0.25, -0.2) is 0 Å². The summed E-state index contributed by atoms with van der Waals surface area (Å²) in [5.74, 6) is 1.29. The highest BCUT2D eigenvalue weighted by molar-refractivity contribution is 5.95. The topological polar surface area (TPSA) is 48.0 Å². The molecule has 0 aliphatic rings. The highest BCUT2D eigenvalue weighted by atomic mass is 16.5. The first kappa shape index (κ1) is 18.6. The second kappa shape index (κ2) is 8.42. The van der Waals surface area contributed by atoms with E-state index < -0.39 is 0 Å². The summed E-state index contributed by atoms with van der Waals surface area (Å²) in [4.78, 5) is 14.5. The minimum Gasteiger partial charge on any atom is -0.493 e. The molecule has 1 amide bonds. The molecule has 2 aromatic rings. The fourth-order valence-corrected chi connectivity index (χ4v) is 2.65. The summed E-state index contributed by atoms with van der Waals surface area (Å²) in [5.41, 5.74) is 2.85. The van der Waals surface area contributed by atoms with Gasteiger partial charge in [0.05, 0.1) is 21.3 Å². The lowest BCUT2D eigenvalue weighted by Gasteiger charge is -2.19. The fraction of sp³-hybridized carbons (Fsp3) is 0.350. The van der Waals surface area contributed by atoms with Gasteiger partial charge in [-0.2, -0.15) is 0 Å². The third kappa shape index (κ3) is 4.24. The molecular weight excluding hydrogens is 318 g/mol. The van der Waals surface area contributed by atoms with Crippen LogP contribution in [0.25, 0.3) is 0 Å². The molecular formula is C20H25NO4. The van der Waals surface area contributed by atoms with Crippen LogP contribution in [0.15, 0.2) is 36.4 Å². The molecule has 0 unspecified atom stereocenters. The largest absolute Gasteiger partial charge is 0.493 e. The fourth-order valence-electron chi connectivity index (χ4n) is 2.65. The third-order valence-electron chi connectivity index (χ3n) is 4.11. The van der Waals surface area contributed by atoms with Gasteiger partial charge >= 0.3 is 0 Å². The van der Waals surface area contributed by atoms with Gasteiger partial charge in [-0.15, -0.1) is 0 Å². The van der Waals surface area contributed by atoms with Gasteiger partial charge in [0.2, 0.25) is 5.75 Å². The molecule has 0 N–H and O–H groups in total. The summed E-state index contributed by atoms with van der Waals surface area (Å²) in [7, 11) is 6.38. The zero-order valence-electron chi connectivity index (χ0n) is 15.5. The van der Waals surface area contributed by atoms with E-state index in [0.29, 0.717) is 29.4 Å². The van der Waals surface area contributed by atoms with Crippen molar-refractivity contribution in [2.45, 2.75) is 19.9 Å². The molecule has 2 aromatic carbocycles. The van der Waals surface area contributed by atoms with E-state index in [1.165, 1.54) is 26.9 Å². The van der Waals surface area contributed by atoms with Crippen molar-refractivity contribution in [2.75, 3.05) is 28.4 Å². The first-order valence-corrected chi connectivity index (χ1v) is 8.17. The molecule has 134 valence electrons. The predicted molar refractivity (Wildman–Crippen MR) is 97.7 cm³/mol. The molecule has 0 radical (unpaired) electrons. The lowest BCUT2D eigenvalue weighted by Crippen LogP contribution is -2.26. The van der Waals surface area contributed by atoms with Crippen LogP contribution in [0, 0.1) is 0 Å². The van der Waals surface area contributed by atoms with Crippen LogP contribution in [0.5, 0.6) is 17.2 Å². The van der Waals surface area contributed by atoms with Gasteiger partial charge in [0.25, 0.3) is 5.91 Å². The molecule has 25 heavy (non-hydrogen) atoms. The number of methoxy groups -OCH3 is 3. The number of carbonyl (C=O) groups is 1. The van der Waals surface area contributed by atoms with Crippen LogP contribution in [0.4, 0.5) is 0 Å². The molecule has 0 saturated heterocycles. The lowest BCUT2D eigenvalue weighted by atomic mass is 10.1. The predicted octanol–water partition coefficient (Wildman–Crippen LogP) is 3.55. The molecule has 2 rings (SSSR count). The number of hydrogen-bond donors (Lipinski definition) is 0. The van der Waals surface area contributed by atoms with Gasteiger partial charge in [0, 0.05) is 19.2 Å². The van der Waals surface area contributed by atoms with Crippen molar-refractivity contribution in [3.05, 3.63) is 53.1 Å². The molecule has 5 heteroatoms. The first-order chi connectivity index (χ1) is 12.0. The maximum Gasteiger partial charge on any atom is 0.254 e. The van der Waals surface area contributed by atoms with E-state index in [-0.39, 0.29) is 5.91 Å². The van der Waals surface area contributed by atoms with Crippen LogP contribution in [0.1, 0.15) is 28.4 Å². The maximum atomic E-state index is 12.8. The van der Waals surface area contributed by atoms with Crippen LogP contribution in [-0.2, 0) is 13.0 Å². The Bertz CT molecular complexity index is 700. The van der Waals surface area contributed by atoms with E-state index >= 15 is 0 Å². The number of hydrogen-bond acceptors (Lipinski definition) is 4. The minimum atomic E-state index is -0.112. The van der Waals surface area contributed by atoms with E-state index in [4.69, 9.17) is 14.2 Å². The number of amides is 1. The summed E-state index contributed by atoms with van der Waals surface area (Å²) < 4.78 is 15.9. The van der Waals surface area contributed by atoms with Crippen molar-refractivity contribution in [1.29, 1.82) is 0 Å². The Morgan fingerprint density at radius 1 is 0.920 bits per heavy atom. The average Bonchev–Trinajstić information content (AvgIpc) is 2.66. The number of aryl methyl sites for hydroxylation is 1. The summed E-state index contributed by atoms with van der Waals surface area (Å²) in [6.45, 7) is 2.65. The van der Waals surface area contributed by atoms with Gasteiger partial charge in [0.1, 0.15) is 0 Å². The molecule has 0 spiro atoms. The first-order valence-electron chi connectivity index (χ1n) is 8.17. The normalized spacial score (nSPS) is 10.3. The molecule has 0 heterocycles. The van der Waals surface area contributed by atoms with Crippen LogP contribution in [0.2, 0.25) is 0 Å². The van der Waals surface area contributed by atoms with Crippen LogP contribution in [-0.4, -0.2) is 39.2 Å². The maximum absolute atomic E-state index is 12.8. The summed E-state index contributed by atoms with van der Waals surface area (Å²) >= 11 is 0. The van der Waals surface area contributed by atoms with Crippen molar-refractivity contribution < 1.29 is 19.0 Å². The van der Waals surface area contributed by atoms with Gasteiger partial charge in [-0.05, 0) is 29.7 Å². The highest BCUT2D eigenvalue weighted by Crippen LogP contribution is 2.38. The molecule has 0 bridgehead atoms. The van der Waals surface area contributed by atoms with E-state index in [9.17, 15) is 4.79 Å². The number of nitrogens with zero attached hydrogens (tertiary/aromatic N) is 1. The quantitative estimate of drug-likeness (QED) is 0.771. The standard InChI is InChI=1S/C20H25NO4/c1-6-14-7-9-15(10-8-14)13-21(2)20(22)16-11-17(23-3)19(25-5)18(12-16)24-4/h7-12H,6,13H2,1-5H3. The van der Waals surface area contributed by atoms with Crippen LogP contribution < -0.4 is 14.2 Å². The van der Waals surface area contributed by atoms with Crippen molar-refractivity contribution in [1.82, 2.24) is 4.90 Å². The van der Waals surface area contributed by atoms with Crippen molar-refractivity contribution >= 4 is 5.91 Å². The van der Waals surface area contributed by atoms with E-state index in [2.05, 4.69) is 31.2 Å². The number of carbonyl (C=O) groups excluding carboxylic acids is 1. The van der Waals surface area contributed by atoms with Gasteiger partial charge in [0.15, 0.2) is 11.5 Å². The van der Waals surface area contributed by atoms with Crippen molar-refractivity contribution in [3.63, 3.8) is 0 Å². The number of benzene rings is 2. The zero-order valence-corrected chi connectivity index (χ0v) is 15.5. The summed E-state index contributed by atoms with van der Waals surface area (Å²) in [5, 5.41) is 0. The van der Waals surface area contributed by atoms with Crippen molar-refractivity contribution in [2.24, 2.45) is 0 Å². The summed E-state index contributed by atoms with van der Waals surface area (Å²) in [6.07, 6.45) is 1.00. The minimum absolute atomic E-state index is 0.112. The second-order valence-corrected chi connectivity index (χ2v) is 5.75. The van der Waals surface area contributed by atoms with Crippen LogP contribution >= 0.6 is 0 Å². The Morgan fingerprint density at radius 2 is 1.44 bits per heavy atom. The smallest absolute Gasteiger partial charge is 0.254 e. The van der Waals surface area contributed by atoms with Gasteiger partial charge in [-0.1, -0.05) is 31.2 Å². The zero-order chi connectivity index (χ0) is 18.4. The molecule has 0 saturated carbocycles. The Labute approximate surface area is 149 Å². The molecule has 5 nitrogen and oxygen atoms in total. The number of ether oxygens (including phenoxy) is 3. The van der Waals surface area contributed by atoms with Crippen molar-refractivity contribution in [3.8, 4) is 17.2 Å². The third-order valence-corrected chi connectivity index (χ3v) is 4.11. The molecule has 0 fully saturated rings. The Morgan fingerprint density at radius 3 is 1.88 bits per heavy atom. The molecule has 0 aromatic heterocycles. The van der Waals surface area contributed by atoms with E-state index in [1.54, 1.807) is 24.1 Å². The molecule has 0 atom stereocenters. The monoisotopic (exact) mass is 343 g/mol. The molecule has 0 aliphatic heterocycles. The second-order valence-electron chi connectivity index (χ2n) is 5.75. The van der Waals surface area contributed by atoms with Crippen LogP contribution in [0.3, 0.4) is 0 Å². The Kier molecular flexibility index (Phi) is 6.28.